The first-order chi connectivity index (χ1) is 7.83. The lowest BCUT2D eigenvalue weighted by Gasteiger charge is -2.00. The van der Waals surface area contributed by atoms with Gasteiger partial charge in [-0.2, -0.15) is 12.6 Å². The molecule has 0 spiro atoms. The van der Waals surface area contributed by atoms with Crippen molar-refractivity contribution in [1.29, 1.82) is 0 Å². The first-order valence-corrected chi connectivity index (χ1v) is 6.21. The summed E-state index contributed by atoms with van der Waals surface area (Å²) in [6.45, 7) is 0.525. The Hall–Kier alpha value is -1.27. The highest BCUT2D eigenvalue weighted by molar-refractivity contribution is 7.80. The largest absolute Gasteiger partial charge is 0.355 e. The first kappa shape index (κ1) is 11.2. The maximum Gasteiger partial charge on any atom is 0.256 e. The molecule has 0 aliphatic rings. The number of nitrogens with one attached hydrogen (secondary N) is 1. The highest BCUT2D eigenvalue weighted by atomic mass is 32.1. The molecule has 6 heteroatoms. The van der Waals surface area contributed by atoms with Crippen molar-refractivity contribution in [1.82, 2.24) is 10.5 Å². The second kappa shape index (κ2) is 5.18. The van der Waals surface area contributed by atoms with Crippen LogP contribution in [0.25, 0.3) is 10.6 Å². The van der Waals surface area contributed by atoms with Gasteiger partial charge in [-0.05, 0) is 11.4 Å². The summed E-state index contributed by atoms with van der Waals surface area (Å²) in [4.78, 5) is 12.6. The Labute approximate surface area is 102 Å². The molecule has 2 aromatic heterocycles. The standard InChI is InChI=1S/C10H10N2O2S2/c13-10(11-3-4-15)7-6-12-14-9(7)8-2-1-5-16-8/h1-2,5-6,15H,3-4H2,(H,11,13). The zero-order valence-corrected chi connectivity index (χ0v) is 10.1. The Morgan fingerprint density at radius 1 is 1.62 bits per heavy atom. The zero-order valence-electron chi connectivity index (χ0n) is 8.34. The summed E-state index contributed by atoms with van der Waals surface area (Å²) < 4.78 is 5.09. The van der Waals surface area contributed by atoms with Gasteiger partial charge >= 0.3 is 0 Å². The molecule has 0 bridgehead atoms. The predicted octanol–water partition coefficient (Wildman–Crippen LogP) is 2.06. The number of thiophene rings is 1. The fourth-order valence-electron chi connectivity index (χ4n) is 1.25. The molecule has 1 N–H and O–H groups in total. The minimum absolute atomic E-state index is 0.182. The van der Waals surface area contributed by atoms with Crippen LogP contribution in [0.1, 0.15) is 10.4 Å². The molecule has 4 nitrogen and oxygen atoms in total. The number of carbonyl (C=O) groups is 1. The number of rotatable bonds is 4. The number of nitrogens with zero attached hydrogens (tertiary/aromatic N) is 1. The van der Waals surface area contributed by atoms with Gasteiger partial charge in [-0.3, -0.25) is 4.79 Å². The van der Waals surface area contributed by atoms with Crippen LogP contribution in [0.3, 0.4) is 0 Å². The van der Waals surface area contributed by atoms with Gasteiger partial charge in [0.1, 0.15) is 5.56 Å². The summed E-state index contributed by atoms with van der Waals surface area (Å²) in [5, 5.41) is 8.31. The maximum atomic E-state index is 11.7. The summed E-state index contributed by atoms with van der Waals surface area (Å²) in [6.07, 6.45) is 1.43. The Bertz CT molecular complexity index is 465. The number of aromatic nitrogens is 1. The Kier molecular flexibility index (Phi) is 3.63. The van der Waals surface area contributed by atoms with E-state index in [-0.39, 0.29) is 5.91 Å². The van der Waals surface area contributed by atoms with Crippen molar-refractivity contribution in [3.05, 3.63) is 29.3 Å². The van der Waals surface area contributed by atoms with Crippen LogP contribution in [0.2, 0.25) is 0 Å². The lowest BCUT2D eigenvalue weighted by molar-refractivity contribution is 0.0956. The van der Waals surface area contributed by atoms with E-state index in [4.69, 9.17) is 4.52 Å². The summed E-state index contributed by atoms with van der Waals surface area (Å²) in [6, 6.07) is 3.79. The van der Waals surface area contributed by atoms with Crippen molar-refractivity contribution < 1.29 is 9.32 Å². The third kappa shape index (κ3) is 2.28. The van der Waals surface area contributed by atoms with Crippen LogP contribution in [0.15, 0.2) is 28.2 Å². The molecule has 0 fully saturated rings. The normalized spacial score (nSPS) is 10.3. The summed E-state index contributed by atoms with van der Waals surface area (Å²) in [5.74, 6) is 0.941. The molecule has 0 aromatic carbocycles. The monoisotopic (exact) mass is 254 g/mol. The molecule has 1 amide bonds. The van der Waals surface area contributed by atoms with Crippen molar-refractivity contribution in [3.63, 3.8) is 0 Å². The van der Waals surface area contributed by atoms with Gasteiger partial charge < -0.3 is 9.84 Å². The zero-order chi connectivity index (χ0) is 11.4. The molecule has 2 aromatic rings. The third-order valence-corrected chi connectivity index (χ3v) is 3.05. The summed E-state index contributed by atoms with van der Waals surface area (Å²) in [7, 11) is 0. The molecule has 16 heavy (non-hydrogen) atoms. The molecule has 0 aliphatic carbocycles. The SMILES string of the molecule is O=C(NCCS)c1cnoc1-c1cccs1. The van der Waals surface area contributed by atoms with Crippen LogP contribution < -0.4 is 5.32 Å². The molecule has 0 saturated heterocycles. The number of amides is 1. The minimum Gasteiger partial charge on any atom is -0.355 e. The lowest BCUT2D eigenvalue weighted by Crippen LogP contribution is -2.25. The fraction of sp³-hybridized carbons (Fsp3) is 0.200. The van der Waals surface area contributed by atoms with Gasteiger partial charge in [0.25, 0.3) is 5.91 Å². The van der Waals surface area contributed by atoms with Crippen LogP contribution in [0, 0.1) is 0 Å². The van der Waals surface area contributed by atoms with Crippen LogP contribution in [0.5, 0.6) is 0 Å². The van der Waals surface area contributed by atoms with E-state index < -0.39 is 0 Å². The Morgan fingerprint density at radius 2 is 2.50 bits per heavy atom. The van der Waals surface area contributed by atoms with Crippen LogP contribution >= 0.6 is 24.0 Å². The quantitative estimate of drug-likeness (QED) is 0.821. The molecule has 0 atom stereocenters. The topological polar surface area (TPSA) is 55.1 Å². The second-order valence-electron chi connectivity index (χ2n) is 3.03. The highest BCUT2D eigenvalue weighted by Gasteiger charge is 2.17. The Morgan fingerprint density at radius 3 is 3.19 bits per heavy atom. The number of thiol groups is 1. The van der Waals surface area contributed by atoms with E-state index in [0.717, 1.165) is 4.88 Å². The average Bonchev–Trinajstić information content (AvgIpc) is 2.94. The highest BCUT2D eigenvalue weighted by Crippen LogP contribution is 2.27. The van der Waals surface area contributed by atoms with Gasteiger partial charge in [0.15, 0.2) is 5.76 Å². The van der Waals surface area contributed by atoms with Gasteiger partial charge in [-0.25, -0.2) is 0 Å². The van der Waals surface area contributed by atoms with E-state index in [1.165, 1.54) is 17.5 Å². The number of hydrogen-bond donors (Lipinski definition) is 2. The number of carbonyl (C=O) groups excluding carboxylic acids is 1. The van der Waals surface area contributed by atoms with Crippen LogP contribution in [0.4, 0.5) is 0 Å². The van der Waals surface area contributed by atoms with Crippen LogP contribution in [-0.2, 0) is 0 Å². The fourth-order valence-corrected chi connectivity index (χ4v) is 2.08. The van der Waals surface area contributed by atoms with Gasteiger partial charge in [0.2, 0.25) is 0 Å². The van der Waals surface area contributed by atoms with E-state index in [2.05, 4.69) is 23.1 Å². The molecule has 0 radical (unpaired) electrons. The van der Waals surface area contributed by atoms with Crippen molar-refractivity contribution >= 4 is 29.9 Å². The van der Waals surface area contributed by atoms with Gasteiger partial charge in [0, 0.05) is 12.3 Å². The predicted molar refractivity (Wildman–Crippen MR) is 66.0 cm³/mol. The van der Waals surface area contributed by atoms with Crippen molar-refractivity contribution in [2.45, 2.75) is 0 Å². The van der Waals surface area contributed by atoms with Gasteiger partial charge in [-0.15, -0.1) is 11.3 Å². The molecule has 84 valence electrons. The van der Waals surface area contributed by atoms with E-state index in [1.54, 1.807) is 0 Å². The molecule has 0 aliphatic heterocycles. The van der Waals surface area contributed by atoms with E-state index in [9.17, 15) is 4.79 Å². The smallest absolute Gasteiger partial charge is 0.256 e. The average molecular weight is 254 g/mol. The van der Waals surface area contributed by atoms with Gasteiger partial charge in [0.05, 0.1) is 11.1 Å². The third-order valence-electron chi connectivity index (χ3n) is 1.96. The summed E-state index contributed by atoms with van der Waals surface area (Å²) >= 11 is 5.53. The van der Waals surface area contributed by atoms with Gasteiger partial charge in [-0.1, -0.05) is 11.2 Å². The molecular formula is C10H10N2O2S2. The van der Waals surface area contributed by atoms with E-state index in [0.29, 0.717) is 23.6 Å². The lowest BCUT2D eigenvalue weighted by atomic mass is 10.2. The van der Waals surface area contributed by atoms with Crippen molar-refractivity contribution in [2.24, 2.45) is 0 Å². The first-order valence-electron chi connectivity index (χ1n) is 4.70. The molecule has 0 unspecified atom stereocenters. The molecule has 2 heterocycles. The van der Waals surface area contributed by atoms with E-state index >= 15 is 0 Å². The molecule has 0 saturated carbocycles. The van der Waals surface area contributed by atoms with E-state index in [1.807, 2.05) is 17.5 Å². The van der Waals surface area contributed by atoms with Crippen LogP contribution in [-0.4, -0.2) is 23.4 Å². The molecular weight excluding hydrogens is 244 g/mol. The number of hydrogen-bond acceptors (Lipinski definition) is 5. The van der Waals surface area contributed by atoms with Crippen molar-refractivity contribution in [3.8, 4) is 10.6 Å². The molecule has 2 rings (SSSR count). The minimum atomic E-state index is -0.182. The maximum absolute atomic E-state index is 11.7. The van der Waals surface area contributed by atoms with Crippen molar-refractivity contribution in [2.75, 3.05) is 12.3 Å². The Balaban J connectivity index is 2.23. The second-order valence-corrected chi connectivity index (χ2v) is 4.42. The summed E-state index contributed by atoms with van der Waals surface area (Å²) in [5.41, 5.74) is 0.462.